The first-order valence-electron chi connectivity index (χ1n) is 5.08. The molecule has 0 radical (unpaired) electrons. The molecule has 0 saturated heterocycles. The van der Waals surface area contributed by atoms with Gasteiger partial charge in [-0.05, 0) is 16.5 Å². The monoisotopic (exact) mass is 219 g/mol. The quantitative estimate of drug-likeness (QED) is 0.579. The summed E-state index contributed by atoms with van der Waals surface area (Å²) >= 11 is 0. The fourth-order valence-electron chi connectivity index (χ4n) is 1.24. The molecule has 86 valence electrons. The maximum Gasteiger partial charge on any atom is 0.332 e. The van der Waals surface area contributed by atoms with Gasteiger partial charge in [0.15, 0.2) is 0 Å². The number of rotatable bonds is 2. The first-order chi connectivity index (χ1) is 7.39. The van der Waals surface area contributed by atoms with E-state index in [1.165, 1.54) is 5.56 Å². The normalized spacial score (nSPS) is 11.7. The van der Waals surface area contributed by atoms with Crippen molar-refractivity contribution in [1.82, 2.24) is 5.43 Å². The fourth-order valence-corrected chi connectivity index (χ4v) is 1.24. The van der Waals surface area contributed by atoms with E-state index < -0.39 is 6.03 Å². The van der Waals surface area contributed by atoms with Gasteiger partial charge in [0.05, 0.1) is 6.21 Å². The van der Waals surface area contributed by atoms with Gasteiger partial charge in [-0.3, -0.25) is 0 Å². The van der Waals surface area contributed by atoms with Gasteiger partial charge in [-0.15, -0.1) is 0 Å². The maximum absolute atomic E-state index is 10.4. The van der Waals surface area contributed by atoms with Crippen LogP contribution in [0.3, 0.4) is 0 Å². The summed E-state index contributed by atoms with van der Waals surface area (Å²) in [7, 11) is 0. The zero-order valence-corrected chi connectivity index (χ0v) is 9.82. The standard InChI is InChI=1S/C12H17N3O/c1-12(2,3)10-6-4-9(5-7-10)8-14-15-11(13)16/h4-8H,1-3H3,(H3,13,15,16). The Kier molecular flexibility index (Phi) is 3.66. The highest BCUT2D eigenvalue weighted by molar-refractivity contribution is 5.81. The summed E-state index contributed by atoms with van der Waals surface area (Å²) in [5.74, 6) is 0. The van der Waals surface area contributed by atoms with Crippen molar-refractivity contribution in [3.63, 3.8) is 0 Å². The molecule has 0 fully saturated rings. The number of carbonyl (C=O) groups excluding carboxylic acids is 1. The van der Waals surface area contributed by atoms with E-state index in [-0.39, 0.29) is 5.41 Å². The topological polar surface area (TPSA) is 67.5 Å². The molecule has 0 aromatic heterocycles. The van der Waals surface area contributed by atoms with Gasteiger partial charge < -0.3 is 5.73 Å². The number of hydrogen-bond donors (Lipinski definition) is 2. The summed E-state index contributed by atoms with van der Waals surface area (Å²) in [5.41, 5.74) is 9.34. The highest BCUT2D eigenvalue weighted by Gasteiger charge is 2.12. The minimum Gasteiger partial charge on any atom is -0.350 e. The van der Waals surface area contributed by atoms with Gasteiger partial charge in [-0.25, -0.2) is 10.2 Å². The minimum atomic E-state index is -0.664. The van der Waals surface area contributed by atoms with E-state index in [2.05, 4.69) is 31.3 Å². The van der Waals surface area contributed by atoms with E-state index in [1.807, 2.05) is 24.3 Å². The largest absolute Gasteiger partial charge is 0.350 e. The predicted octanol–water partition coefficient (Wildman–Crippen LogP) is 1.99. The third-order valence-corrected chi connectivity index (χ3v) is 2.17. The third kappa shape index (κ3) is 3.73. The minimum absolute atomic E-state index is 0.140. The summed E-state index contributed by atoms with van der Waals surface area (Å²) in [6.07, 6.45) is 1.55. The molecule has 2 amide bonds. The van der Waals surface area contributed by atoms with Crippen LogP contribution in [-0.2, 0) is 5.41 Å². The molecule has 0 saturated carbocycles. The average molecular weight is 219 g/mol. The van der Waals surface area contributed by atoms with Crippen molar-refractivity contribution in [2.45, 2.75) is 26.2 Å². The zero-order chi connectivity index (χ0) is 12.2. The first kappa shape index (κ1) is 12.2. The molecule has 16 heavy (non-hydrogen) atoms. The lowest BCUT2D eigenvalue weighted by atomic mass is 9.87. The fraction of sp³-hybridized carbons (Fsp3) is 0.333. The van der Waals surface area contributed by atoms with Crippen LogP contribution < -0.4 is 11.2 Å². The van der Waals surface area contributed by atoms with Crippen LogP contribution in [0.1, 0.15) is 31.9 Å². The van der Waals surface area contributed by atoms with Crippen LogP contribution in [0, 0.1) is 0 Å². The van der Waals surface area contributed by atoms with Gasteiger partial charge in [0.2, 0.25) is 0 Å². The number of benzene rings is 1. The van der Waals surface area contributed by atoms with Crippen LogP contribution in [0.4, 0.5) is 4.79 Å². The number of amides is 2. The van der Waals surface area contributed by atoms with E-state index >= 15 is 0 Å². The van der Waals surface area contributed by atoms with Gasteiger partial charge in [0, 0.05) is 0 Å². The van der Waals surface area contributed by atoms with Crippen LogP contribution in [-0.4, -0.2) is 12.2 Å². The van der Waals surface area contributed by atoms with Gasteiger partial charge in [0.1, 0.15) is 0 Å². The van der Waals surface area contributed by atoms with Crippen LogP contribution in [0.5, 0.6) is 0 Å². The SMILES string of the molecule is CC(C)(C)c1ccc(C=NNC(N)=O)cc1. The number of hydrogen-bond acceptors (Lipinski definition) is 2. The van der Waals surface area contributed by atoms with Crippen molar-refractivity contribution < 1.29 is 4.79 Å². The molecule has 1 aromatic carbocycles. The van der Waals surface area contributed by atoms with E-state index in [9.17, 15) is 4.79 Å². The summed E-state index contributed by atoms with van der Waals surface area (Å²) in [6, 6.07) is 7.33. The number of nitrogens with zero attached hydrogens (tertiary/aromatic N) is 1. The number of urea groups is 1. The molecule has 0 unspecified atom stereocenters. The zero-order valence-electron chi connectivity index (χ0n) is 9.82. The number of nitrogens with two attached hydrogens (primary N) is 1. The van der Waals surface area contributed by atoms with Crippen LogP contribution in [0.25, 0.3) is 0 Å². The Hall–Kier alpha value is -1.84. The molecule has 4 heteroatoms. The second-order valence-electron chi connectivity index (χ2n) is 4.61. The van der Waals surface area contributed by atoms with Crippen LogP contribution in [0.15, 0.2) is 29.4 Å². The summed E-state index contributed by atoms with van der Waals surface area (Å²) in [5, 5.41) is 3.68. The lowest BCUT2D eigenvalue weighted by molar-refractivity contribution is 0.249. The first-order valence-corrected chi connectivity index (χ1v) is 5.08. The van der Waals surface area contributed by atoms with Crippen molar-refractivity contribution in [1.29, 1.82) is 0 Å². The summed E-state index contributed by atoms with van der Waals surface area (Å²) in [4.78, 5) is 10.4. The Morgan fingerprint density at radius 3 is 2.31 bits per heavy atom. The molecule has 1 rings (SSSR count). The molecule has 0 heterocycles. The maximum atomic E-state index is 10.4. The molecule has 0 aliphatic heterocycles. The number of primary amides is 1. The Morgan fingerprint density at radius 1 is 1.31 bits per heavy atom. The van der Waals surface area contributed by atoms with Crippen molar-refractivity contribution >= 4 is 12.2 Å². The van der Waals surface area contributed by atoms with Gasteiger partial charge >= 0.3 is 6.03 Å². The van der Waals surface area contributed by atoms with Crippen molar-refractivity contribution in [2.75, 3.05) is 0 Å². The molecule has 4 nitrogen and oxygen atoms in total. The van der Waals surface area contributed by atoms with Crippen LogP contribution >= 0.6 is 0 Å². The average Bonchev–Trinajstić information content (AvgIpc) is 2.16. The van der Waals surface area contributed by atoms with E-state index in [4.69, 9.17) is 5.73 Å². The summed E-state index contributed by atoms with van der Waals surface area (Å²) < 4.78 is 0. The number of carbonyl (C=O) groups is 1. The highest BCUT2D eigenvalue weighted by atomic mass is 16.2. The van der Waals surface area contributed by atoms with Gasteiger partial charge in [-0.2, -0.15) is 5.10 Å². The lowest BCUT2D eigenvalue weighted by Gasteiger charge is -2.18. The molecule has 0 aliphatic carbocycles. The predicted molar refractivity (Wildman–Crippen MR) is 65.5 cm³/mol. The van der Waals surface area contributed by atoms with Crippen molar-refractivity contribution in [2.24, 2.45) is 10.8 Å². The summed E-state index contributed by atoms with van der Waals surface area (Å²) in [6.45, 7) is 6.47. The third-order valence-electron chi connectivity index (χ3n) is 2.17. The Balaban J connectivity index is 2.72. The highest BCUT2D eigenvalue weighted by Crippen LogP contribution is 2.21. The van der Waals surface area contributed by atoms with Crippen LogP contribution in [0.2, 0.25) is 0 Å². The number of hydrazone groups is 1. The Labute approximate surface area is 95.5 Å². The molecular formula is C12H17N3O. The molecular weight excluding hydrogens is 202 g/mol. The van der Waals surface area contributed by atoms with Crippen molar-refractivity contribution in [3.05, 3.63) is 35.4 Å². The van der Waals surface area contributed by atoms with E-state index in [0.717, 1.165) is 5.56 Å². The van der Waals surface area contributed by atoms with Crippen molar-refractivity contribution in [3.8, 4) is 0 Å². The molecule has 1 aromatic rings. The van der Waals surface area contributed by atoms with E-state index in [0.29, 0.717) is 0 Å². The second kappa shape index (κ2) is 4.79. The smallest absolute Gasteiger partial charge is 0.332 e. The Morgan fingerprint density at radius 2 is 1.88 bits per heavy atom. The number of nitrogens with one attached hydrogen (secondary N) is 1. The lowest BCUT2D eigenvalue weighted by Crippen LogP contribution is -2.24. The van der Waals surface area contributed by atoms with Gasteiger partial charge in [0.25, 0.3) is 0 Å². The molecule has 0 atom stereocenters. The molecule has 3 N–H and O–H groups in total. The Bertz CT molecular complexity index is 388. The molecule has 0 bridgehead atoms. The molecule has 0 aliphatic rings. The van der Waals surface area contributed by atoms with E-state index in [1.54, 1.807) is 6.21 Å². The molecule has 0 spiro atoms. The second-order valence-corrected chi connectivity index (χ2v) is 4.61. The van der Waals surface area contributed by atoms with Gasteiger partial charge in [-0.1, -0.05) is 45.0 Å².